The van der Waals surface area contributed by atoms with Gasteiger partial charge in [0.2, 0.25) is 0 Å². The highest BCUT2D eigenvalue weighted by Crippen LogP contribution is 2.35. The molecule has 0 unspecified atom stereocenters. The summed E-state index contributed by atoms with van der Waals surface area (Å²) in [6.07, 6.45) is 2.36. The van der Waals surface area contributed by atoms with Crippen LogP contribution in [0.25, 0.3) is 6.08 Å². The zero-order valence-corrected chi connectivity index (χ0v) is 22.3. The number of hydrogen-bond acceptors (Lipinski definition) is 9. The van der Waals surface area contributed by atoms with Gasteiger partial charge in [-0.15, -0.1) is 11.3 Å². The monoisotopic (exact) mass is 541 g/mol. The molecule has 7 nitrogen and oxygen atoms in total. The predicted molar refractivity (Wildman–Crippen MR) is 145 cm³/mol. The minimum Gasteiger partial charge on any atom is -0.493 e. The van der Waals surface area contributed by atoms with E-state index >= 15 is 0 Å². The Hall–Kier alpha value is -3.34. The van der Waals surface area contributed by atoms with Gasteiger partial charge in [-0.25, -0.2) is 4.79 Å². The molecule has 0 spiro atoms. The second-order valence-electron chi connectivity index (χ2n) is 7.55. The van der Waals surface area contributed by atoms with Gasteiger partial charge >= 0.3 is 5.97 Å². The quantitative estimate of drug-likeness (QED) is 0.154. The molecular weight excluding hydrogens is 518 g/mol. The Balaban J connectivity index is 1.45. The van der Waals surface area contributed by atoms with E-state index in [-0.39, 0.29) is 5.91 Å². The summed E-state index contributed by atoms with van der Waals surface area (Å²) in [4.78, 5) is 28.0. The van der Waals surface area contributed by atoms with E-state index in [1.807, 2.05) is 18.2 Å². The second-order valence-corrected chi connectivity index (χ2v) is 10.2. The van der Waals surface area contributed by atoms with Crippen LogP contribution < -0.4 is 18.9 Å². The van der Waals surface area contributed by atoms with E-state index in [1.165, 1.54) is 30.2 Å². The lowest BCUT2D eigenvalue weighted by Gasteiger charge is -2.15. The molecule has 1 aliphatic rings. The van der Waals surface area contributed by atoms with Crippen molar-refractivity contribution in [2.24, 2.45) is 0 Å². The van der Waals surface area contributed by atoms with Crippen molar-refractivity contribution < 1.29 is 28.5 Å². The standard InChI is InChI=1S/C26H23NO6S3/c1-30-18-8-6-16(13-20(18)31-2)10-11-27-24(28)23(36-26(27)34)15-17-7-9-19(21(14-17)32-3)33-25(29)22-5-4-12-35-22/h4-9,12-15H,10-11H2,1-3H3/b23-15-. The van der Waals surface area contributed by atoms with Crippen LogP contribution in [0.2, 0.25) is 0 Å². The lowest BCUT2D eigenvalue weighted by atomic mass is 10.1. The molecule has 10 heteroatoms. The molecule has 0 atom stereocenters. The molecule has 0 aliphatic carbocycles. The van der Waals surface area contributed by atoms with Gasteiger partial charge in [-0.3, -0.25) is 9.69 Å². The zero-order valence-electron chi connectivity index (χ0n) is 19.8. The first-order chi connectivity index (χ1) is 17.4. The van der Waals surface area contributed by atoms with Crippen LogP contribution in [0.5, 0.6) is 23.0 Å². The Labute approximate surface area is 222 Å². The van der Waals surface area contributed by atoms with Crippen molar-refractivity contribution in [3.05, 3.63) is 74.8 Å². The van der Waals surface area contributed by atoms with Crippen molar-refractivity contribution in [2.45, 2.75) is 6.42 Å². The van der Waals surface area contributed by atoms with Gasteiger partial charge in [0.1, 0.15) is 9.20 Å². The maximum Gasteiger partial charge on any atom is 0.353 e. The number of thioether (sulfide) groups is 1. The third-order valence-electron chi connectivity index (χ3n) is 5.36. The van der Waals surface area contributed by atoms with Crippen LogP contribution in [0.3, 0.4) is 0 Å². The average molecular weight is 542 g/mol. The van der Waals surface area contributed by atoms with Gasteiger partial charge in [-0.2, -0.15) is 0 Å². The molecule has 2 heterocycles. The van der Waals surface area contributed by atoms with Gasteiger partial charge in [0.05, 0.1) is 26.2 Å². The summed E-state index contributed by atoms with van der Waals surface area (Å²) in [6.45, 7) is 0.443. The molecular formula is C26H23NO6S3. The van der Waals surface area contributed by atoms with Gasteiger partial charge in [-0.1, -0.05) is 42.2 Å². The molecule has 4 rings (SSSR count). The number of methoxy groups -OCH3 is 3. The summed E-state index contributed by atoms with van der Waals surface area (Å²) in [5, 5.41) is 1.81. The van der Waals surface area contributed by atoms with Crippen LogP contribution in [0.15, 0.2) is 58.8 Å². The summed E-state index contributed by atoms with van der Waals surface area (Å²) in [5.74, 6) is 1.37. The molecule has 0 radical (unpaired) electrons. The number of carbonyl (C=O) groups excluding carboxylic acids is 2. The molecule has 36 heavy (non-hydrogen) atoms. The van der Waals surface area contributed by atoms with E-state index in [9.17, 15) is 9.59 Å². The normalized spacial score (nSPS) is 14.3. The number of hydrogen-bond donors (Lipinski definition) is 0. The second kappa shape index (κ2) is 11.6. The predicted octanol–water partition coefficient (Wildman–Crippen LogP) is 5.44. The van der Waals surface area contributed by atoms with Crippen molar-refractivity contribution in [2.75, 3.05) is 27.9 Å². The summed E-state index contributed by atoms with van der Waals surface area (Å²) in [5.41, 5.74) is 1.73. The topological polar surface area (TPSA) is 74.3 Å². The van der Waals surface area contributed by atoms with Gasteiger partial charge in [0.15, 0.2) is 23.0 Å². The van der Waals surface area contributed by atoms with Crippen molar-refractivity contribution in [1.29, 1.82) is 0 Å². The first-order valence-electron chi connectivity index (χ1n) is 10.8. The third-order valence-corrected chi connectivity index (χ3v) is 7.58. The maximum absolute atomic E-state index is 13.1. The first kappa shape index (κ1) is 25.7. The molecule has 2 aromatic carbocycles. The third kappa shape index (κ3) is 5.72. The minimum atomic E-state index is -0.452. The van der Waals surface area contributed by atoms with E-state index < -0.39 is 5.97 Å². The van der Waals surface area contributed by atoms with Gasteiger partial charge in [0, 0.05) is 6.54 Å². The molecule has 0 N–H and O–H groups in total. The molecule has 1 aromatic heterocycles. The Morgan fingerprint density at radius 3 is 2.39 bits per heavy atom. The molecule has 186 valence electrons. The molecule has 3 aromatic rings. The molecule has 1 amide bonds. The van der Waals surface area contributed by atoms with Crippen LogP contribution >= 0.6 is 35.3 Å². The Bertz CT molecular complexity index is 1320. The number of carbonyl (C=O) groups is 2. The fourth-order valence-corrected chi connectivity index (χ4v) is 5.43. The highest BCUT2D eigenvalue weighted by Gasteiger charge is 2.31. The van der Waals surface area contributed by atoms with Crippen molar-refractivity contribution >= 4 is 57.6 Å². The lowest BCUT2D eigenvalue weighted by molar-refractivity contribution is -0.122. The Morgan fingerprint density at radius 1 is 0.972 bits per heavy atom. The fourth-order valence-electron chi connectivity index (χ4n) is 3.52. The average Bonchev–Trinajstić information content (AvgIpc) is 3.52. The van der Waals surface area contributed by atoms with E-state index in [4.69, 9.17) is 31.2 Å². The highest BCUT2D eigenvalue weighted by atomic mass is 32.2. The van der Waals surface area contributed by atoms with E-state index in [0.717, 1.165) is 11.1 Å². The smallest absolute Gasteiger partial charge is 0.353 e. The maximum atomic E-state index is 13.1. The summed E-state index contributed by atoms with van der Waals surface area (Å²) in [7, 11) is 4.67. The number of rotatable bonds is 9. The Kier molecular flexibility index (Phi) is 8.29. The van der Waals surface area contributed by atoms with Crippen LogP contribution in [0.1, 0.15) is 20.8 Å². The molecule has 1 aliphatic heterocycles. The number of thiocarbonyl (C=S) groups is 1. The highest BCUT2D eigenvalue weighted by molar-refractivity contribution is 8.26. The number of esters is 1. The SMILES string of the molecule is COc1ccc(CCN2C(=O)/C(=C/c3ccc(OC(=O)c4cccs4)c(OC)c3)SC2=S)cc1OC. The van der Waals surface area contributed by atoms with Gasteiger partial charge in [-0.05, 0) is 59.3 Å². The molecule has 0 saturated carbocycles. The summed E-state index contributed by atoms with van der Waals surface area (Å²) < 4.78 is 22.0. The molecule has 0 bridgehead atoms. The fraction of sp³-hybridized carbons (Fsp3) is 0.192. The lowest BCUT2D eigenvalue weighted by Crippen LogP contribution is -2.30. The largest absolute Gasteiger partial charge is 0.493 e. The minimum absolute atomic E-state index is 0.155. The summed E-state index contributed by atoms with van der Waals surface area (Å²) in [6, 6.07) is 14.3. The zero-order chi connectivity index (χ0) is 25.7. The van der Waals surface area contributed by atoms with Crippen molar-refractivity contribution in [3.63, 3.8) is 0 Å². The van der Waals surface area contributed by atoms with Crippen molar-refractivity contribution in [3.8, 4) is 23.0 Å². The van der Waals surface area contributed by atoms with E-state index in [1.54, 1.807) is 60.9 Å². The molecule has 1 saturated heterocycles. The number of nitrogens with zero attached hydrogens (tertiary/aromatic N) is 1. The van der Waals surface area contributed by atoms with Gasteiger partial charge in [0.25, 0.3) is 5.91 Å². The number of benzene rings is 2. The van der Waals surface area contributed by atoms with Gasteiger partial charge < -0.3 is 18.9 Å². The van der Waals surface area contributed by atoms with Crippen LogP contribution in [0.4, 0.5) is 0 Å². The van der Waals surface area contributed by atoms with Crippen LogP contribution in [0, 0.1) is 0 Å². The number of amides is 1. The Morgan fingerprint density at radius 2 is 1.69 bits per heavy atom. The van der Waals surface area contributed by atoms with Crippen LogP contribution in [-0.2, 0) is 11.2 Å². The van der Waals surface area contributed by atoms with E-state index in [0.29, 0.717) is 50.1 Å². The number of ether oxygens (including phenoxy) is 4. The molecule has 1 fully saturated rings. The summed E-state index contributed by atoms with van der Waals surface area (Å²) >= 11 is 8.02. The van der Waals surface area contributed by atoms with E-state index in [2.05, 4.69) is 0 Å². The first-order valence-corrected chi connectivity index (χ1v) is 12.9. The van der Waals surface area contributed by atoms with Crippen molar-refractivity contribution in [1.82, 2.24) is 4.90 Å². The number of thiophene rings is 1. The van der Waals surface area contributed by atoms with Crippen LogP contribution in [-0.4, -0.2) is 49.0 Å².